The largest absolute Gasteiger partial charge is 0.473 e. The van der Waals surface area contributed by atoms with Crippen molar-refractivity contribution in [3.8, 4) is 5.88 Å². The minimum atomic E-state index is 0. The van der Waals surface area contributed by atoms with Crippen LogP contribution in [-0.4, -0.2) is 47.9 Å². The summed E-state index contributed by atoms with van der Waals surface area (Å²) in [6.45, 7) is 5.53. The number of nitrogens with one attached hydrogen (secondary N) is 2. The van der Waals surface area contributed by atoms with Crippen molar-refractivity contribution in [3.05, 3.63) is 59.8 Å². The Morgan fingerprint density at radius 2 is 1.90 bits per heavy atom. The summed E-state index contributed by atoms with van der Waals surface area (Å²) < 4.78 is 5.90. The van der Waals surface area contributed by atoms with Crippen LogP contribution in [-0.2, 0) is 17.9 Å². The molecule has 30 heavy (non-hydrogen) atoms. The van der Waals surface area contributed by atoms with Gasteiger partial charge in [0, 0.05) is 31.4 Å². The summed E-state index contributed by atoms with van der Waals surface area (Å²) in [7, 11) is 0. The van der Waals surface area contributed by atoms with E-state index in [0.717, 1.165) is 37.1 Å². The number of nitrogens with zero attached hydrogens (tertiary/aromatic N) is 3. The lowest BCUT2D eigenvalue weighted by Gasteiger charge is -2.17. The Bertz CT molecular complexity index is 810. The number of carbonyl (C=O) groups excluding carboxylic acids is 1. The van der Waals surface area contributed by atoms with Gasteiger partial charge in [-0.2, -0.15) is 0 Å². The number of guanidine groups is 1. The molecule has 1 aliphatic rings. The molecule has 1 fully saturated rings. The first-order valence-corrected chi connectivity index (χ1v) is 10.2. The number of aliphatic imine (C=N–C) groups is 1. The van der Waals surface area contributed by atoms with E-state index in [1.54, 1.807) is 6.20 Å². The van der Waals surface area contributed by atoms with Gasteiger partial charge in [0.1, 0.15) is 6.61 Å². The first-order chi connectivity index (χ1) is 14.3. The van der Waals surface area contributed by atoms with E-state index < -0.39 is 0 Å². The summed E-state index contributed by atoms with van der Waals surface area (Å²) in [6, 6.07) is 13.8. The maximum atomic E-state index is 12.3. The number of aromatic nitrogens is 1. The molecule has 1 aromatic carbocycles. The van der Waals surface area contributed by atoms with Gasteiger partial charge in [0.2, 0.25) is 11.8 Å². The van der Waals surface area contributed by atoms with Gasteiger partial charge >= 0.3 is 0 Å². The molecule has 0 spiro atoms. The van der Waals surface area contributed by atoms with Crippen molar-refractivity contribution in [2.45, 2.75) is 32.9 Å². The van der Waals surface area contributed by atoms with Crippen LogP contribution in [0.3, 0.4) is 0 Å². The quantitative estimate of drug-likeness (QED) is 0.316. The van der Waals surface area contributed by atoms with E-state index in [9.17, 15) is 4.79 Å². The lowest BCUT2D eigenvalue weighted by Crippen LogP contribution is -2.44. The average molecular weight is 523 g/mol. The predicted molar refractivity (Wildman–Crippen MR) is 129 cm³/mol. The van der Waals surface area contributed by atoms with Crippen molar-refractivity contribution >= 4 is 35.8 Å². The molecule has 0 radical (unpaired) electrons. The number of carbonyl (C=O) groups is 1. The summed E-state index contributed by atoms with van der Waals surface area (Å²) in [5.74, 6) is 1.29. The summed E-state index contributed by atoms with van der Waals surface area (Å²) in [6.07, 6.45) is 3.89. The first kappa shape index (κ1) is 23.9. The van der Waals surface area contributed by atoms with Gasteiger partial charge in [0.25, 0.3) is 0 Å². The molecule has 2 aromatic rings. The molecule has 1 aliphatic heterocycles. The van der Waals surface area contributed by atoms with Crippen LogP contribution in [0.2, 0.25) is 0 Å². The van der Waals surface area contributed by atoms with Crippen LogP contribution in [0.5, 0.6) is 5.88 Å². The standard InChI is InChI=1S/C22H29N5O2.HI/c1-2-23-22(26-16-20(28)27-13-6-7-14-27)25-15-19-11-8-12-24-21(19)29-17-18-9-4-3-5-10-18;/h3-5,8-12H,2,6-7,13-17H2,1H3,(H2,23,25,26);1H. The zero-order valence-corrected chi connectivity index (χ0v) is 19.7. The molecule has 1 saturated heterocycles. The van der Waals surface area contributed by atoms with Crippen LogP contribution in [0.25, 0.3) is 0 Å². The number of hydrogen-bond donors (Lipinski definition) is 2. The highest BCUT2D eigenvalue weighted by molar-refractivity contribution is 14.0. The normalized spacial score (nSPS) is 13.5. The molecule has 8 heteroatoms. The number of rotatable bonds is 8. The molecule has 0 atom stereocenters. The molecule has 1 amide bonds. The maximum Gasteiger partial charge on any atom is 0.241 e. The molecule has 0 bridgehead atoms. The zero-order valence-electron chi connectivity index (χ0n) is 17.3. The second-order valence-corrected chi connectivity index (χ2v) is 6.88. The number of likely N-dealkylation sites (tertiary alicyclic amines) is 1. The highest BCUT2D eigenvalue weighted by Gasteiger charge is 2.17. The Kier molecular flexibility index (Phi) is 10.4. The molecule has 1 aromatic heterocycles. The Labute approximate surface area is 195 Å². The van der Waals surface area contributed by atoms with Crippen LogP contribution in [0.4, 0.5) is 0 Å². The van der Waals surface area contributed by atoms with E-state index in [-0.39, 0.29) is 36.4 Å². The second kappa shape index (κ2) is 13.0. The number of benzene rings is 1. The molecular formula is C22H30IN5O2. The fourth-order valence-corrected chi connectivity index (χ4v) is 3.14. The highest BCUT2D eigenvalue weighted by Crippen LogP contribution is 2.17. The summed E-state index contributed by atoms with van der Waals surface area (Å²) >= 11 is 0. The third-order valence-electron chi connectivity index (χ3n) is 4.69. The third-order valence-corrected chi connectivity index (χ3v) is 4.69. The summed E-state index contributed by atoms with van der Waals surface area (Å²) in [4.78, 5) is 23.1. The maximum absolute atomic E-state index is 12.3. The average Bonchev–Trinajstić information content (AvgIpc) is 3.30. The highest BCUT2D eigenvalue weighted by atomic mass is 127. The van der Waals surface area contributed by atoms with Crippen molar-refractivity contribution < 1.29 is 9.53 Å². The number of amides is 1. The van der Waals surface area contributed by atoms with Gasteiger partial charge in [-0.3, -0.25) is 4.79 Å². The van der Waals surface area contributed by atoms with Gasteiger partial charge in [0.05, 0.1) is 13.1 Å². The van der Waals surface area contributed by atoms with Gasteiger partial charge in [0.15, 0.2) is 5.96 Å². The summed E-state index contributed by atoms with van der Waals surface area (Å²) in [5.41, 5.74) is 1.98. The second-order valence-electron chi connectivity index (χ2n) is 6.88. The number of ether oxygens (including phenoxy) is 1. The van der Waals surface area contributed by atoms with Crippen LogP contribution in [0.1, 0.15) is 30.9 Å². The lowest BCUT2D eigenvalue weighted by atomic mass is 10.2. The van der Waals surface area contributed by atoms with E-state index >= 15 is 0 Å². The van der Waals surface area contributed by atoms with Gasteiger partial charge < -0.3 is 20.3 Å². The lowest BCUT2D eigenvalue weighted by molar-refractivity contribution is -0.128. The molecule has 162 valence electrons. The van der Waals surface area contributed by atoms with Crippen molar-refractivity contribution in [2.24, 2.45) is 4.99 Å². The van der Waals surface area contributed by atoms with E-state index in [1.807, 2.05) is 54.3 Å². The topological polar surface area (TPSA) is 78.9 Å². The van der Waals surface area contributed by atoms with Crippen molar-refractivity contribution in [1.29, 1.82) is 0 Å². The number of hydrogen-bond acceptors (Lipinski definition) is 4. The van der Waals surface area contributed by atoms with Crippen LogP contribution in [0, 0.1) is 0 Å². The monoisotopic (exact) mass is 523 g/mol. The van der Waals surface area contributed by atoms with E-state index in [4.69, 9.17) is 4.74 Å². The Balaban J connectivity index is 0.00000320. The van der Waals surface area contributed by atoms with Crippen LogP contribution < -0.4 is 15.4 Å². The third kappa shape index (κ3) is 7.47. The Morgan fingerprint density at radius 3 is 2.63 bits per heavy atom. The smallest absolute Gasteiger partial charge is 0.241 e. The SMILES string of the molecule is CCNC(=NCc1cccnc1OCc1ccccc1)NCC(=O)N1CCCC1.I. The molecule has 2 heterocycles. The van der Waals surface area contributed by atoms with Crippen LogP contribution in [0.15, 0.2) is 53.7 Å². The molecule has 0 unspecified atom stereocenters. The van der Waals surface area contributed by atoms with E-state index in [2.05, 4.69) is 20.6 Å². The van der Waals surface area contributed by atoms with Crippen molar-refractivity contribution in [2.75, 3.05) is 26.2 Å². The minimum absolute atomic E-state index is 0. The van der Waals surface area contributed by atoms with Gasteiger partial charge in [-0.15, -0.1) is 24.0 Å². The van der Waals surface area contributed by atoms with E-state index in [0.29, 0.717) is 31.5 Å². The molecule has 3 rings (SSSR count). The van der Waals surface area contributed by atoms with E-state index in [1.165, 1.54) is 0 Å². The predicted octanol–water partition coefficient (Wildman–Crippen LogP) is 2.96. The molecule has 2 N–H and O–H groups in total. The van der Waals surface area contributed by atoms with Gasteiger partial charge in [-0.1, -0.05) is 36.4 Å². The first-order valence-electron chi connectivity index (χ1n) is 10.2. The number of halogens is 1. The fourth-order valence-electron chi connectivity index (χ4n) is 3.14. The Hall–Kier alpha value is -2.36. The number of pyridine rings is 1. The molecule has 0 aliphatic carbocycles. The Morgan fingerprint density at radius 1 is 1.13 bits per heavy atom. The van der Waals surface area contributed by atoms with Crippen molar-refractivity contribution in [3.63, 3.8) is 0 Å². The summed E-state index contributed by atoms with van der Waals surface area (Å²) in [5, 5.41) is 6.31. The molecule has 0 saturated carbocycles. The molecule has 7 nitrogen and oxygen atoms in total. The van der Waals surface area contributed by atoms with Crippen molar-refractivity contribution in [1.82, 2.24) is 20.5 Å². The minimum Gasteiger partial charge on any atom is -0.473 e. The van der Waals surface area contributed by atoms with Gasteiger partial charge in [-0.25, -0.2) is 9.98 Å². The zero-order chi connectivity index (χ0) is 20.3. The van der Waals surface area contributed by atoms with Gasteiger partial charge in [-0.05, 0) is 31.4 Å². The fraction of sp³-hybridized carbons (Fsp3) is 0.409. The molecular weight excluding hydrogens is 493 g/mol. The van der Waals surface area contributed by atoms with Crippen LogP contribution >= 0.6 is 24.0 Å².